The zero-order valence-electron chi connectivity index (χ0n) is 15.7. The van der Waals surface area contributed by atoms with Gasteiger partial charge < -0.3 is 0 Å². The second kappa shape index (κ2) is 7.69. The predicted octanol–water partition coefficient (Wildman–Crippen LogP) is 6.21. The lowest BCUT2D eigenvalue weighted by Gasteiger charge is -2.14. The highest BCUT2D eigenvalue weighted by atomic mass is 15.5. The summed E-state index contributed by atoms with van der Waals surface area (Å²) in [6.07, 6.45) is 5.30. The van der Waals surface area contributed by atoms with Crippen LogP contribution in [0.2, 0.25) is 0 Å². The number of hydrazone groups is 1. The van der Waals surface area contributed by atoms with Crippen molar-refractivity contribution < 1.29 is 0 Å². The second-order valence-electron chi connectivity index (χ2n) is 7.37. The van der Waals surface area contributed by atoms with Crippen molar-refractivity contribution in [2.24, 2.45) is 5.10 Å². The number of hydrogen-bond acceptors (Lipinski definition) is 2. The molecule has 130 valence electrons. The number of hydrogen-bond donors (Lipinski definition) is 0. The third-order valence-electron chi connectivity index (χ3n) is 4.76. The van der Waals surface area contributed by atoms with Crippen molar-refractivity contribution in [1.82, 2.24) is 0 Å². The highest BCUT2D eigenvalue weighted by Gasteiger charge is 2.14. The molecular weight excluding hydrogens is 304 g/mol. The molecule has 0 unspecified atom stereocenters. The van der Waals surface area contributed by atoms with Gasteiger partial charge in [-0.3, -0.25) is 5.01 Å². The summed E-state index contributed by atoms with van der Waals surface area (Å²) in [6.45, 7) is 9.84. The first kappa shape index (κ1) is 17.5. The summed E-state index contributed by atoms with van der Waals surface area (Å²) >= 11 is 0. The number of rotatable bonds is 5. The Morgan fingerprint density at radius 1 is 0.800 bits per heavy atom. The fraction of sp³-hybridized carbons (Fsp3) is 0.348. The molecule has 0 aromatic heterocycles. The summed E-state index contributed by atoms with van der Waals surface area (Å²) in [6, 6.07) is 17.6. The van der Waals surface area contributed by atoms with Crippen LogP contribution < -0.4 is 5.01 Å². The number of anilines is 1. The van der Waals surface area contributed by atoms with Gasteiger partial charge in [-0.05, 0) is 46.7 Å². The molecule has 0 spiro atoms. The Bertz CT molecular complexity index is 750. The van der Waals surface area contributed by atoms with Gasteiger partial charge in [-0.1, -0.05) is 70.2 Å². The lowest BCUT2D eigenvalue weighted by Crippen LogP contribution is -2.11. The monoisotopic (exact) mass is 332 g/mol. The normalized spacial score (nSPS) is 14.8. The molecular formula is C23H28N2. The molecule has 2 nitrogen and oxygen atoms in total. The fourth-order valence-corrected chi connectivity index (χ4v) is 2.99. The van der Waals surface area contributed by atoms with Crippen LogP contribution in [0.1, 0.15) is 62.6 Å². The molecule has 0 aliphatic carbocycles. The minimum Gasteiger partial charge on any atom is -0.265 e. The highest BCUT2D eigenvalue weighted by Crippen LogP contribution is 2.23. The zero-order valence-corrected chi connectivity index (χ0v) is 15.7. The number of nitrogens with zero attached hydrogens (tertiary/aromatic N) is 2. The molecule has 0 amide bonds. The van der Waals surface area contributed by atoms with E-state index < -0.39 is 0 Å². The molecule has 2 aromatic carbocycles. The van der Waals surface area contributed by atoms with E-state index in [-0.39, 0.29) is 0 Å². The van der Waals surface area contributed by atoms with Gasteiger partial charge in [0, 0.05) is 13.0 Å². The van der Waals surface area contributed by atoms with Crippen molar-refractivity contribution in [3.05, 3.63) is 71.3 Å². The molecule has 3 rings (SSSR count). The van der Waals surface area contributed by atoms with Crippen LogP contribution in [-0.2, 0) is 0 Å². The van der Waals surface area contributed by atoms with Gasteiger partial charge in [0.05, 0.1) is 11.4 Å². The molecule has 25 heavy (non-hydrogen) atoms. The zero-order chi connectivity index (χ0) is 17.8. The molecule has 0 fully saturated rings. The van der Waals surface area contributed by atoms with E-state index in [1.807, 2.05) is 0 Å². The Hall–Kier alpha value is -2.35. The second-order valence-corrected chi connectivity index (χ2v) is 7.37. The fourth-order valence-electron chi connectivity index (χ4n) is 2.99. The van der Waals surface area contributed by atoms with Gasteiger partial charge in [-0.25, -0.2) is 0 Å². The van der Waals surface area contributed by atoms with E-state index in [1.165, 1.54) is 22.4 Å². The van der Waals surface area contributed by atoms with Crippen molar-refractivity contribution in [2.75, 3.05) is 11.6 Å². The molecule has 2 heteroatoms. The van der Waals surface area contributed by atoms with Crippen LogP contribution in [0, 0.1) is 0 Å². The van der Waals surface area contributed by atoms with Gasteiger partial charge in [0.25, 0.3) is 0 Å². The summed E-state index contributed by atoms with van der Waals surface area (Å²) in [5, 5.41) is 6.86. The number of benzene rings is 2. The minimum absolute atomic E-state index is 0.566. The lowest BCUT2D eigenvalue weighted by atomic mass is 10.0. The first-order valence-corrected chi connectivity index (χ1v) is 9.26. The van der Waals surface area contributed by atoms with Crippen LogP contribution >= 0.6 is 0 Å². The Kier molecular flexibility index (Phi) is 5.37. The first-order chi connectivity index (χ1) is 12.0. The minimum atomic E-state index is 0.566. The highest BCUT2D eigenvalue weighted by molar-refractivity contribution is 6.00. The van der Waals surface area contributed by atoms with Crippen molar-refractivity contribution in [2.45, 2.75) is 46.0 Å². The molecule has 0 atom stereocenters. The maximum Gasteiger partial charge on any atom is 0.0628 e. The molecule has 1 aliphatic rings. The van der Waals surface area contributed by atoms with Crippen LogP contribution in [0.15, 0.2) is 59.7 Å². The summed E-state index contributed by atoms with van der Waals surface area (Å²) < 4.78 is 0. The third kappa shape index (κ3) is 4.39. The Labute approximate surface area is 151 Å². The lowest BCUT2D eigenvalue weighted by molar-refractivity contribution is 0.863. The molecule has 0 N–H and O–H groups in total. The van der Waals surface area contributed by atoms with Gasteiger partial charge in [0.2, 0.25) is 0 Å². The smallest absolute Gasteiger partial charge is 0.0628 e. The van der Waals surface area contributed by atoms with Crippen molar-refractivity contribution >= 4 is 17.5 Å². The van der Waals surface area contributed by atoms with Gasteiger partial charge >= 0.3 is 0 Å². The van der Waals surface area contributed by atoms with Crippen LogP contribution in [0.4, 0.5) is 5.69 Å². The van der Waals surface area contributed by atoms with Crippen molar-refractivity contribution in [3.8, 4) is 0 Å². The maximum absolute atomic E-state index is 4.76. The van der Waals surface area contributed by atoms with Crippen molar-refractivity contribution in [1.29, 1.82) is 0 Å². The Morgan fingerprint density at radius 3 is 1.92 bits per heavy atom. The molecule has 1 aliphatic heterocycles. The molecule has 0 saturated heterocycles. The summed E-state index contributed by atoms with van der Waals surface area (Å²) in [5.74, 6) is 1.14. The molecule has 1 heterocycles. The van der Waals surface area contributed by atoms with Crippen LogP contribution in [0.3, 0.4) is 0 Å². The van der Waals surface area contributed by atoms with Gasteiger partial charge in [0.15, 0.2) is 0 Å². The summed E-state index contributed by atoms with van der Waals surface area (Å²) in [4.78, 5) is 0. The first-order valence-electron chi connectivity index (χ1n) is 9.26. The quantitative estimate of drug-likeness (QED) is 0.635. The topological polar surface area (TPSA) is 15.6 Å². The van der Waals surface area contributed by atoms with Crippen molar-refractivity contribution in [3.63, 3.8) is 0 Å². The van der Waals surface area contributed by atoms with Gasteiger partial charge in [-0.15, -0.1) is 0 Å². The summed E-state index contributed by atoms with van der Waals surface area (Å²) in [7, 11) is 0. The van der Waals surface area contributed by atoms with E-state index in [0.717, 1.165) is 18.7 Å². The van der Waals surface area contributed by atoms with E-state index in [9.17, 15) is 0 Å². The largest absolute Gasteiger partial charge is 0.265 e. The van der Waals surface area contributed by atoms with Gasteiger partial charge in [0.1, 0.15) is 0 Å². The van der Waals surface area contributed by atoms with Crippen LogP contribution in [-0.4, -0.2) is 12.3 Å². The Morgan fingerprint density at radius 2 is 1.36 bits per heavy atom. The van der Waals surface area contributed by atoms with E-state index >= 15 is 0 Å². The molecule has 2 aromatic rings. The molecule has 0 bridgehead atoms. The van der Waals surface area contributed by atoms with E-state index in [4.69, 9.17) is 5.10 Å². The van der Waals surface area contributed by atoms with E-state index in [2.05, 4.69) is 93.4 Å². The molecule has 0 radical (unpaired) electrons. The average Bonchev–Trinajstić information content (AvgIpc) is 3.09. The van der Waals surface area contributed by atoms with Gasteiger partial charge in [-0.2, -0.15) is 5.10 Å². The van der Waals surface area contributed by atoms with E-state index in [1.54, 1.807) is 0 Å². The van der Waals surface area contributed by atoms with Crippen LogP contribution in [0.5, 0.6) is 0 Å². The average molecular weight is 332 g/mol. The predicted molar refractivity (Wildman–Crippen MR) is 109 cm³/mol. The van der Waals surface area contributed by atoms with E-state index in [0.29, 0.717) is 11.8 Å². The molecule has 0 saturated carbocycles. The number of allylic oxidation sites excluding steroid dienone is 1. The maximum atomic E-state index is 4.76. The third-order valence-corrected chi connectivity index (χ3v) is 4.76. The standard InChI is InChI=1S/C23H28N2/c1-17(2)20-8-5-19(6-9-20)7-12-22-15-16-25(24-22)23-13-10-21(11-14-23)18(3)4/h5-14,17-18H,15-16H2,1-4H3. The van der Waals surface area contributed by atoms with Crippen LogP contribution in [0.25, 0.3) is 6.08 Å². The Balaban J connectivity index is 1.66. The summed E-state index contributed by atoms with van der Waals surface area (Å²) in [5.41, 5.74) is 6.30. The SMILES string of the molecule is CC(C)c1ccc(C=CC2=NN(c3ccc(C(C)C)cc3)CC2)cc1.